The Labute approximate surface area is 393 Å². The number of pyridine rings is 1. The van der Waals surface area contributed by atoms with Crippen molar-refractivity contribution in [3.05, 3.63) is 210 Å². The molecule has 11 rings (SSSR count). The maximum absolute atomic E-state index is 6.80. The predicted octanol–water partition coefficient (Wildman–Crippen LogP) is 15.1. The van der Waals surface area contributed by atoms with Gasteiger partial charge in [0, 0.05) is 70.8 Å². The molecule has 0 spiro atoms. The van der Waals surface area contributed by atoms with Crippen molar-refractivity contribution in [3.63, 3.8) is 0 Å². The Balaban J connectivity index is 0.00000484. The molecule has 0 saturated heterocycles. The molecular weight excluding hydrogens is 984 g/mol. The van der Waals surface area contributed by atoms with Crippen LogP contribution in [0.25, 0.3) is 59.2 Å². The van der Waals surface area contributed by atoms with Crippen LogP contribution in [0.4, 0.5) is 11.4 Å². The van der Waals surface area contributed by atoms with E-state index < -0.39 is 0 Å². The van der Waals surface area contributed by atoms with Crippen molar-refractivity contribution in [2.24, 2.45) is 0 Å². The monoisotopic (exact) mass is 1030 g/mol. The van der Waals surface area contributed by atoms with Gasteiger partial charge in [-0.25, -0.2) is 4.98 Å². The molecule has 64 heavy (non-hydrogen) atoms. The van der Waals surface area contributed by atoms with Gasteiger partial charge in [0.15, 0.2) is 0 Å². The average molecular weight is 1030 g/mol. The van der Waals surface area contributed by atoms with Crippen LogP contribution in [0.1, 0.15) is 54.2 Å². The van der Waals surface area contributed by atoms with E-state index in [-0.39, 0.29) is 26.5 Å². The van der Waals surface area contributed by atoms with E-state index >= 15 is 0 Å². The number of rotatable bonds is 7. The molecule has 0 fully saturated rings. The summed E-state index contributed by atoms with van der Waals surface area (Å²) in [4.78, 5) is 9.57. The first-order valence-corrected chi connectivity index (χ1v) is 22.3. The molecule has 0 bridgehead atoms. The summed E-state index contributed by atoms with van der Waals surface area (Å²) < 4.78 is 11.6. The fourth-order valence-corrected chi connectivity index (χ4v) is 10.5. The van der Waals surface area contributed by atoms with Crippen LogP contribution in [0.2, 0.25) is 0 Å². The molecule has 318 valence electrons. The van der Waals surface area contributed by atoms with Gasteiger partial charge in [-0.1, -0.05) is 123 Å². The first-order chi connectivity index (χ1) is 30.6. The van der Waals surface area contributed by atoms with Crippen LogP contribution in [-0.4, -0.2) is 9.55 Å². The molecule has 10 aromatic rings. The minimum atomic E-state index is -0.0505. The summed E-state index contributed by atoms with van der Waals surface area (Å²) >= 11 is 1.83. The van der Waals surface area contributed by atoms with Crippen molar-refractivity contribution in [1.82, 2.24) is 9.55 Å². The molecule has 1 aliphatic rings. The zero-order chi connectivity index (χ0) is 43.0. The fourth-order valence-electron chi connectivity index (χ4n) is 9.39. The van der Waals surface area contributed by atoms with Gasteiger partial charge in [0.2, 0.25) is 0 Å². The number of hydrogen-bond donors (Lipinski definition) is 0. The van der Waals surface area contributed by atoms with Crippen LogP contribution >= 0.6 is 11.3 Å². The number of benzene rings is 7. The molecule has 0 N–H and O–H groups in total. The molecule has 0 saturated carbocycles. The van der Waals surface area contributed by atoms with Gasteiger partial charge in [0.25, 0.3) is 0 Å². The summed E-state index contributed by atoms with van der Waals surface area (Å²) in [7, 11) is 0. The molecule has 0 aliphatic carbocycles. The molecule has 3 aromatic heterocycles. The first kappa shape index (κ1) is 41.5. The van der Waals surface area contributed by atoms with E-state index in [0.29, 0.717) is 11.5 Å². The number of aryl methyl sites for hydroxylation is 3. The quantitative estimate of drug-likeness (QED) is 0.149. The predicted molar refractivity (Wildman–Crippen MR) is 264 cm³/mol. The van der Waals surface area contributed by atoms with Crippen molar-refractivity contribution in [2.75, 3.05) is 9.80 Å². The van der Waals surface area contributed by atoms with Crippen LogP contribution in [0.5, 0.6) is 11.5 Å². The molecule has 4 heterocycles. The summed E-state index contributed by atoms with van der Waals surface area (Å²) in [5.74, 6) is 2.04. The van der Waals surface area contributed by atoms with E-state index in [1.807, 2.05) is 35.7 Å². The summed E-state index contributed by atoms with van der Waals surface area (Å²) in [6.45, 7) is 15.5. The van der Waals surface area contributed by atoms with Crippen LogP contribution in [-0.2, 0) is 26.5 Å². The Morgan fingerprint density at radius 2 is 1.28 bits per heavy atom. The Morgan fingerprint density at radius 1 is 0.609 bits per heavy atom. The summed E-state index contributed by atoms with van der Waals surface area (Å²) in [5.41, 5.74) is 13.2. The molecule has 7 heteroatoms. The van der Waals surface area contributed by atoms with Gasteiger partial charge in [-0.15, -0.1) is 59.4 Å². The topological polar surface area (TPSA) is 33.5 Å². The van der Waals surface area contributed by atoms with Gasteiger partial charge in [0.1, 0.15) is 5.82 Å². The van der Waals surface area contributed by atoms with Crippen molar-refractivity contribution in [1.29, 1.82) is 0 Å². The van der Waals surface area contributed by atoms with Crippen molar-refractivity contribution in [3.8, 4) is 17.3 Å². The SMILES string of the molecule is Cc1cc(C)c(N2[CH-]N(c3[c-]c(Oc4[c-]c5c(cc4)c4c6c(ccc4n5-c4cc(C(C)(C)C)ccn4)sc4ccccc46)ccc3)C(c3ccccc3)=C2c2ccccc2)c(C)c1.[Pt]. The first-order valence-electron chi connectivity index (χ1n) is 21.4. The summed E-state index contributed by atoms with van der Waals surface area (Å²) in [6, 6.07) is 61.1. The number of hydrogen-bond acceptors (Lipinski definition) is 5. The fraction of sp³-hybridized carbons (Fsp3) is 0.123. The largest absolute Gasteiger partial charge is 0.509 e. The number of aromatic nitrogens is 2. The second kappa shape index (κ2) is 16.3. The molecule has 1 aliphatic heterocycles. The molecule has 0 amide bonds. The van der Waals surface area contributed by atoms with Gasteiger partial charge < -0.3 is 19.1 Å². The van der Waals surface area contributed by atoms with E-state index in [0.717, 1.165) is 56.1 Å². The molecule has 0 unspecified atom stereocenters. The minimum Gasteiger partial charge on any atom is -0.509 e. The standard InChI is InChI=1S/C57H45N4OS.Pt/c1-36-30-37(2)54(38(3)31-36)60-35-59(55(39-16-9-7-10-17-39)56(60)40-18-11-8-12-19-40)42-20-15-21-43(33-42)62-44-24-25-45-48(34-44)61(51-32-41(28-29-58-51)57(4,5)6)47-26-27-50-53(52(45)47)46-22-13-14-23-49(46)63-50;/h7-32,35H,1-6H3;/q-3;. The Bertz CT molecular complexity index is 3410. The number of fused-ring (bicyclic) bond motifs is 7. The van der Waals surface area contributed by atoms with E-state index in [1.165, 1.54) is 47.8 Å². The van der Waals surface area contributed by atoms with Crippen molar-refractivity contribution < 1.29 is 25.8 Å². The van der Waals surface area contributed by atoms with E-state index in [1.54, 1.807) is 0 Å². The van der Waals surface area contributed by atoms with Gasteiger partial charge in [0.05, 0.1) is 0 Å². The number of nitrogens with zero attached hydrogens (tertiary/aromatic N) is 4. The molecule has 7 aromatic carbocycles. The van der Waals surface area contributed by atoms with E-state index in [4.69, 9.17) is 9.72 Å². The zero-order valence-electron chi connectivity index (χ0n) is 36.5. The third-order valence-corrected chi connectivity index (χ3v) is 13.3. The van der Waals surface area contributed by atoms with Crippen LogP contribution in [0.3, 0.4) is 0 Å². The Morgan fingerprint density at radius 3 is 2.00 bits per heavy atom. The maximum atomic E-state index is 6.80. The molecule has 5 nitrogen and oxygen atoms in total. The van der Waals surface area contributed by atoms with E-state index in [9.17, 15) is 0 Å². The number of thiophene rings is 1. The zero-order valence-corrected chi connectivity index (χ0v) is 39.6. The third kappa shape index (κ3) is 7.10. The van der Waals surface area contributed by atoms with Crippen molar-refractivity contribution >= 4 is 76.1 Å². The second-order valence-electron chi connectivity index (χ2n) is 17.5. The van der Waals surface area contributed by atoms with Crippen LogP contribution < -0.4 is 14.5 Å². The van der Waals surface area contributed by atoms with Gasteiger partial charge in [-0.2, -0.15) is 12.1 Å². The molecule has 0 atom stereocenters. The summed E-state index contributed by atoms with van der Waals surface area (Å²) in [5, 5.41) is 4.82. The molecular formula is C57H45N4OPtS-3. The smallest absolute Gasteiger partial charge is 0.135 e. The Kier molecular flexibility index (Phi) is 10.6. The Hall–Kier alpha value is -6.46. The number of ether oxygens (including phenoxy) is 1. The van der Waals surface area contributed by atoms with Gasteiger partial charge in [-0.3, -0.25) is 0 Å². The average Bonchev–Trinajstić information content (AvgIpc) is 3.96. The minimum absolute atomic E-state index is 0. The van der Waals surface area contributed by atoms with Gasteiger partial charge in [-0.05, 0) is 100 Å². The normalized spacial score (nSPS) is 13.2. The van der Waals surface area contributed by atoms with Crippen LogP contribution in [0, 0.1) is 39.6 Å². The van der Waals surface area contributed by atoms with Crippen LogP contribution in [0.15, 0.2) is 158 Å². The van der Waals surface area contributed by atoms with Crippen molar-refractivity contribution in [2.45, 2.75) is 47.0 Å². The van der Waals surface area contributed by atoms with E-state index in [2.05, 4.69) is 208 Å². The van der Waals surface area contributed by atoms with Gasteiger partial charge >= 0.3 is 0 Å². The maximum Gasteiger partial charge on any atom is 0.135 e. The third-order valence-electron chi connectivity index (χ3n) is 12.1. The molecule has 0 radical (unpaired) electrons. The number of anilines is 2. The second-order valence-corrected chi connectivity index (χ2v) is 18.6. The summed E-state index contributed by atoms with van der Waals surface area (Å²) in [6.07, 6.45) is 1.92.